The molecule has 0 aliphatic carbocycles. The van der Waals surface area contributed by atoms with Gasteiger partial charge in [-0.25, -0.2) is 4.98 Å². The number of aryl methyl sites for hydroxylation is 1. The molecule has 6 nitrogen and oxygen atoms in total. The molecule has 132 valence electrons. The second-order valence-corrected chi connectivity index (χ2v) is 6.76. The van der Waals surface area contributed by atoms with Crippen molar-refractivity contribution in [2.45, 2.75) is 19.8 Å². The maximum Gasteiger partial charge on any atom is 0.307 e. The van der Waals surface area contributed by atoms with Crippen LogP contribution in [0, 0.1) is 10.1 Å². The first-order valence-electron chi connectivity index (χ1n) is 8.03. The summed E-state index contributed by atoms with van der Waals surface area (Å²) in [4.78, 5) is 26.7. The Balaban J connectivity index is 2.09. The van der Waals surface area contributed by atoms with E-state index in [9.17, 15) is 20.0 Å². The van der Waals surface area contributed by atoms with Gasteiger partial charge < -0.3 is 5.11 Å². The number of nitro groups is 1. The van der Waals surface area contributed by atoms with E-state index >= 15 is 0 Å². The lowest BCUT2D eigenvalue weighted by Gasteiger charge is -2.04. The van der Waals surface area contributed by atoms with E-state index in [-0.39, 0.29) is 12.1 Å². The van der Waals surface area contributed by atoms with E-state index in [0.717, 1.165) is 10.2 Å². The van der Waals surface area contributed by atoms with Crippen molar-refractivity contribution in [3.8, 4) is 0 Å². The van der Waals surface area contributed by atoms with Gasteiger partial charge in [-0.1, -0.05) is 31.2 Å². The van der Waals surface area contributed by atoms with Gasteiger partial charge in [0, 0.05) is 11.6 Å². The number of carboxylic acids is 1. The molecule has 0 amide bonds. The van der Waals surface area contributed by atoms with E-state index in [4.69, 9.17) is 0 Å². The van der Waals surface area contributed by atoms with Crippen LogP contribution in [0.3, 0.4) is 0 Å². The summed E-state index contributed by atoms with van der Waals surface area (Å²) in [6.07, 6.45) is 2.02. The molecule has 26 heavy (non-hydrogen) atoms. The minimum absolute atomic E-state index is 0.0419. The first-order valence-corrected chi connectivity index (χ1v) is 8.85. The van der Waals surface area contributed by atoms with Crippen LogP contribution in [-0.2, 0) is 11.2 Å². The highest BCUT2D eigenvalue weighted by Gasteiger charge is 2.15. The third-order valence-electron chi connectivity index (χ3n) is 3.94. The predicted octanol–water partition coefficient (Wildman–Crippen LogP) is 4.78. The standard InChI is InChI=1S/C19H16N2O4S/c1-2-13-8-7-12(10-16(13)21(24)25)9-14(11-18(22)23)19-20-15-5-3-4-6-17(15)26-19/h3-10H,2,11H2,1H3,(H,22,23). The van der Waals surface area contributed by atoms with Crippen LogP contribution in [0.4, 0.5) is 5.69 Å². The van der Waals surface area contributed by atoms with Crippen LogP contribution >= 0.6 is 11.3 Å². The highest BCUT2D eigenvalue weighted by atomic mass is 32.1. The van der Waals surface area contributed by atoms with Crippen LogP contribution in [0.2, 0.25) is 0 Å². The van der Waals surface area contributed by atoms with Crippen molar-refractivity contribution >= 4 is 44.9 Å². The Morgan fingerprint density at radius 2 is 2.08 bits per heavy atom. The van der Waals surface area contributed by atoms with Gasteiger partial charge in [0.2, 0.25) is 0 Å². The van der Waals surface area contributed by atoms with Crippen molar-refractivity contribution in [3.63, 3.8) is 0 Å². The maximum absolute atomic E-state index is 11.3. The molecule has 0 unspecified atom stereocenters. The molecule has 0 bridgehead atoms. The number of nitrogens with zero attached hydrogens (tertiary/aromatic N) is 2. The van der Waals surface area contributed by atoms with E-state index in [2.05, 4.69) is 4.98 Å². The average molecular weight is 368 g/mol. The molecule has 1 aromatic heterocycles. The third kappa shape index (κ3) is 3.78. The van der Waals surface area contributed by atoms with Crippen LogP contribution in [0.5, 0.6) is 0 Å². The molecule has 0 atom stereocenters. The third-order valence-corrected chi connectivity index (χ3v) is 5.05. The van der Waals surface area contributed by atoms with E-state index in [0.29, 0.717) is 28.1 Å². The molecule has 1 N–H and O–H groups in total. The summed E-state index contributed by atoms with van der Waals surface area (Å²) < 4.78 is 0.964. The molecule has 0 radical (unpaired) electrons. The minimum Gasteiger partial charge on any atom is -0.481 e. The second kappa shape index (κ2) is 7.45. The highest BCUT2D eigenvalue weighted by molar-refractivity contribution is 7.19. The molecule has 1 heterocycles. The number of benzene rings is 2. The Bertz CT molecular complexity index is 990. The van der Waals surface area contributed by atoms with Gasteiger partial charge in [0.15, 0.2) is 0 Å². The normalized spacial score (nSPS) is 11.7. The largest absolute Gasteiger partial charge is 0.481 e. The lowest BCUT2D eigenvalue weighted by atomic mass is 10.0. The van der Waals surface area contributed by atoms with Gasteiger partial charge in [0.1, 0.15) is 5.01 Å². The summed E-state index contributed by atoms with van der Waals surface area (Å²) in [5.41, 5.74) is 2.60. The molecule has 0 saturated heterocycles. The van der Waals surface area contributed by atoms with Gasteiger partial charge in [0.25, 0.3) is 5.69 Å². The van der Waals surface area contributed by atoms with Gasteiger partial charge in [-0.05, 0) is 35.8 Å². The van der Waals surface area contributed by atoms with Crippen molar-refractivity contribution in [2.75, 3.05) is 0 Å². The van der Waals surface area contributed by atoms with Crippen LogP contribution in [0.15, 0.2) is 42.5 Å². The number of carboxylic acid groups (broad SMARTS) is 1. The Kier molecular flexibility index (Phi) is 5.09. The Morgan fingerprint density at radius 3 is 2.73 bits per heavy atom. The molecule has 0 saturated carbocycles. The van der Waals surface area contributed by atoms with Crippen molar-refractivity contribution < 1.29 is 14.8 Å². The summed E-state index contributed by atoms with van der Waals surface area (Å²) >= 11 is 1.41. The molecule has 0 aliphatic rings. The second-order valence-electron chi connectivity index (χ2n) is 5.73. The molecule has 3 aromatic rings. The number of hydrogen-bond acceptors (Lipinski definition) is 5. The summed E-state index contributed by atoms with van der Waals surface area (Å²) in [5, 5.41) is 21.1. The van der Waals surface area contributed by atoms with Crippen molar-refractivity contribution in [3.05, 3.63) is 68.7 Å². The van der Waals surface area contributed by atoms with Gasteiger partial charge >= 0.3 is 5.97 Å². The molecule has 2 aromatic carbocycles. The van der Waals surface area contributed by atoms with Crippen LogP contribution in [0.25, 0.3) is 21.9 Å². The first kappa shape index (κ1) is 17.8. The molecule has 0 aliphatic heterocycles. The number of hydrogen-bond donors (Lipinski definition) is 1. The van der Waals surface area contributed by atoms with Gasteiger partial charge in [0.05, 0.1) is 21.6 Å². The SMILES string of the molecule is CCc1ccc(C=C(CC(=O)O)c2nc3ccccc3s2)cc1[N+](=O)[O-]. The average Bonchev–Trinajstić information content (AvgIpc) is 3.04. The van der Waals surface area contributed by atoms with Gasteiger partial charge in [-0.3, -0.25) is 14.9 Å². The summed E-state index contributed by atoms with van der Waals surface area (Å²) in [6.45, 7) is 1.86. The molecule has 0 fully saturated rings. The lowest BCUT2D eigenvalue weighted by molar-refractivity contribution is -0.385. The predicted molar refractivity (Wildman–Crippen MR) is 102 cm³/mol. The number of aliphatic carboxylic acids is 1. The number of aromatic nitrogens is 1. The fourth-order valence-corrected chi connectivity index (χ4v) is 3.68. The smallest absolute Gasteiger partial charge is 0.307 e. The molecule has 3 rings (SSSR count). The van der Waals surface area contributed by atoms with E-state index < -0.39 is 10.9 Å². The van der Waals surface area contributed by atoms with Crippen molar-refractivity contribution in [1.29, 1.82) is 0 Å². The fourth-order valence-electron chi connectivity index (χ4n) is 2.70. The maximum atomic E-state index is 11.3. The first-order chi connectivity index (χ1) is 12.5. The van der Waals surface area contributed by atoms with Crippen LogP contribution in [-0.4, -0.2) is 21.0 Å². The van der Waals surface area contributed by atoms with Crippen LogP contribution < -0.4 is 0 Å². The Hall–Kier alpha value is -3.06. The van der Waals surface area contributed by atoms with Crippen molar-refractivity contribution in [2.24, 2.45) is 0 Å². The molecule has 7 heteroatoms. The monoisotopic (exact) mass is 368 g/mol. The zero-order valence-electron chi connectivity index (χ0n) is 14.0. The molecule has 0 spiro atoms. The minimum atomic E-state index is -0.977. The summed E-state index contributed by atoms with van der Waals surface area (Å²) in [6, 6.07) is 12.5. The number of fused-ring (bicyclic) bond motifs is 1. The molecular weight excluding hydrogens is 352 g/mol. The summed E-state index contributed by atoms with van der Waals surface area (Å²) in [5.74, 6) is -0.977. The lowest BCUT2D eigenvalue weighted by Crippen LogP contribution is -1.98. The van der Waals surface area contributed by atoms with E-state index in [1.165, 1.54) is 17.4 Å². The Morgan fingerprint density at radius 1 is 1.31 bits per heavy atom. The number of nitro benzene ring substituents is 1. The number of rotatable bonds is 6. The van der Waals surface area contributed by atoms with Crippen LogP contribution in [0.1, 0.15) is 29.5 Å². The zero-order chi connectivity index (χ0) is 18.7. The number of para-hydroxylation sites is 1. The molecular formula is C19H16N2O4S. The van der Waals surface area contributed by atoms with E-state index in [1.54, 1.807) is 18.2 Å². The Labute approximate surface area is 153 Å². The van der Waals surface area contributed by atoms with Gasteiger partial charge in [-0.2, -0.15) is 0 Å². The number of carbonyl (C=O) groups is 1. The summed E-state index contributed by atoms with van der Waals surface area (Å²) in [7, 11) is 0. The van der Waals surface area contributed by atoms with Gasteiger partial charge in [-0.15, -0.1) is 11.3 Å². The van der Waals surface area contributed by atoms with E-state index in [1.807, 2.05) is 31.2 Å². The van der Waals surface area contributed by atoms with Crippen molar-refractivity contribution in [1.82, 2.24) is 4.98 Å². The number of thiazole rings is 1. The quantitative estimate of drug-likeness (QED) is 0.499. The highest BCUT2D eigenvalue weighted by Crippen LogP contribution is 2.31. The topological polar surface area (TPSA) is 93.3 Å². The zero-order valence-corrected chi connectivity index (χ0v) is 14.8. The fraction of sp³-hybridized carbons (Fsp3) is 0.158.